The summed E-state index contributed by atoms with van der Waals surface area (Å²) in [4.78, 5) is 31.3. The highest BCUT2D eigenvalue weighted by molar-refractivity contribution is 5.89. The molecule has 3 fully saturated rings. The van der Waals surface area contributed by atoms with Crippen molar-refractivity contribution >= 4 is 17.8 Å². The van der Waals surface area contributed by atoms with E-state index >= 15 is 0 Å². The van der Waals surface area contributed by atoms with Crippen LogP contribution in [0.1, 0.15) is 31.2 Å². The van der Waals surface area contributed by atoms with E-state index in [4.69, 9.17) is 4.74 Å². The monoisotopic (exact) mass is 506 g/mol. The highest BCUT2D eigenvalue weighted by Crippen LogP contribution is 2.50. The molecule has 8 nitrogen and oxygen atoms in total. The number of rotatable bonds is 8. The lowest BCUT2D eigenvalue weighted by Crippen LogP contribution is -2.63. The number of hydrogen-bond acceptors (Lipinski definition) is 6. The second kappa shape index (κ2) is 9.78. The van der Waals surface area contributed by atoms with Gasteiger partial charge in [-0.3, -0.25) is 19.9 Å². The van der Waals surface area contributed by atoms with Crippen LogP contribution in [-0.2, 0) is 16.0 Å². The Balaban J connectivity index is 1.34. The smallest absolute Gasteiger partial charge is 0.357 e. The van der Waals surface area contributed by atoms with E-state index in [2.05, 4.69) is 23.1 Å². The second-order valence-electron chi connectivity index (χ2n) is 9.81. The number of allylic oxidation sites excluding steroid dienone is 1. The van der Waals surface area contributed by atoms with Crippen LogP contribution in [0.5, 0.6) is 0 Å². The third-order valence-corrected chi connectivity index (χ3v) is 7.02. The van der Waals surface area contributed by atoms with Crippen LogP contribution in [0.15, 0.2) is 53.7 Å². The molecule has 0 aromatic heterocycles. The molecule has 1 saturated carbocycles. The Hall–Kier alpha value is -3.05. The van der Waals surface area contributed by atoms with Crippen molar-refractivity contribution in [1.29, 1.82) is 0 Å². The molecule has 0 unspecified atom stereocenters. The van der Waals surface area contributed by atoms with Crippen molar-refractivity contribution in [1.82, 2.24) is 9.80 Å². The van der Waals surface area contributed by atoms with Gasteiger partial charge in [0.1, 0.15) is 5.60 Å². The first-order valence-corrected chi connectivity index (χ1v) is 11.8. The van der Waals surface area contributed by atoms with Crippen molar-refractivity contribution < 1.29 is 27.6 Å². The summed E-state index contributed by atoms with van der Waals surface area (Å²) in [5.74, 6) is -0.160. The molecule has 0 atom stereocenters. The molecule has 194 valence electrons. The zero-order chi connectivity index (χ0) is 26.1. The predicted octanol–water partition coefficient (Wildman–Crippen LogP) is 4.07. The fraction of sp³-hybridized carbons (Fsp3) is 0.520. The maximum atomic E-state index is 13.0. The van der Waals surface area contributed by atoms with Gasteiger partial charge in [-0.15, -0.1) is 0 Å². The van der Waals surface area contributed by atoms with Gasteiger partial charge in [-0.25, -0.2) is 0 Å². The number of aliphatic imine (C=N–C) groups is 1. The van der Waals surface area contributed by atoms with Crippen LogP contribution in [0.2, 0.25) is 0 Å². The van der Waals surface area contributed by atoms with Crippen molar-refractivity contribution in [3.63, 3.8) is 0 Å². The van der Waals surface area contributed by atoms with Crippen LogP contribution < -0.4 is 0 Å². The van der Waals surface area contributed by atoms with Crippen LogP contribution in [-0.4, -0.2) is 76.9 Å². The molecule has 4 rings (SSSR count). The summed E-state index contributed by atoms with van der Waals surface area (Å²) in [7, 11) is 0. The number of ether oxygens (including phenoxy) is 1. The molecule has 0 N–H and O–H groups in total. The first-order valence-electron chi connectivity index (χ1n) is 11.8. The van der Waals surface area contributed by atoms with Gasteiger partial charge in [-0.2, -0.15) is 13.2 Å². The summed E-state index contributed by atoms with van der Waals surface area (Å²) in [5.41, 5.74) is -1.32. The summed E-state index contributed by atoms with van der Waals surface area (Å²) in [6.45, 7) is 9.30. The molecule has 11 heteroatoms. The summed E-state index contributed by atoms with van der Waals surface area (Å²) in [6, 6.07) is 6.63. The average molecular weight is 507 g/mol. The number of carbonyl (C=O) groups excluding carboxylic acids is 1. The van der Waals surface area contributed by atoms with E-state index in [-0.39, 0.29) is 23.8 Å². The van der Waals surface area contributed by atoms with E-state index in [0.717, 1.165) is 25.2 Å². The van der Waals surface area contributed by atoms with E-state index in [1.165, 1.54) is 6.07 Å². The highest BCUT2D eigenvalue weighted by atomic mass is 19.4. The van der Waals surface area contributed by atoms with Crippen LogP contribution in [0, 0.1) is 10.1 Å². The number of alkyl halides is 3. The molecule has 1 aromatic rings. The minimum absolute atomic E-state index is 0.0316. The maximum Gasteiger partial charge on any atom is 0.417 e. The topological polar surface area (TPSA) is 88.3 Å². The Kier molecular flexibility index (Phi) is 7.07. The minimum Gasteiger partial charge on any atom is -0.357 e. The first kappa shape index (κ1) is 26.0. The molecule has 2 saturated heterocycles. The Morgan fingerprint density at radius 1 is 1.22 bits per heavy atom. The number of morpholine rings is 1. The second-order valence-corrected chi connectivity index (χ2v) is 9.81. The van der Waals surface area contributed by atoms with E-state index in [0.29, 0.717) is 44.9 Å². The number of benzene rings is 1. The van der Waals surface area contributed by atoms with Gasteiger partial charge in [-0.05, 0) is 37.7 Å². The van der Waals surface area contributed by atoms with Crippen LogP contribution >= 0.6 is 0 Å². The largest absolute Gasteiger partial charge is 0.417 e. The standard InChI is InChI=1S/C25H29F3N4O4/c1-18(25(26,27)28)15-29-19(2)16-31-17-23(36-24(7-8-24)22(31)33)9-12-30(13-10-23)11-6-20-4-3-5-21(14-20)32(34)35/h3-5,14-15H,1-2,6-13,16-17H2. The third-order valence-electron chi connectivity index (χ3n) is 7.02. The Morgan fingerprint density at radius 2 is 1.92 bits per heavy atom. The van der Waals surface area contributed by atoms with E-state index in [9.17, 15) is 28.1 Å². The van der Waals surface area contributed by atoms with Gasteiger partial charge in [0.25, 0.3) is 11.6 Å². The Labute approximate surface area is 207 Å². The van der Waals surface area contributed by atoms with E-state index in [1.807, 2.05) is 6.07 Å². The minimum atomic E-state index is -4.57. The zero-order valence-electron chi connectivity index (χ0n) is 19.9. The quantitative estimate of drug-likeness (QED) is 0.301. The molecular weight excluding hydrogens is 477 g/mol. The SMILES string of the molecule is C=C(CN1CC2(CCN(CCc3cccc([N+](=O)[O-])c3)CC2)OC2(CC2)C1=O)N=CC(=C)C(F)(F)F. The van der Waals surface area contributed by atoms with Crippen LogP contribution in [0.25, 0.3) is 0 Å². The number of piperidine rings is 1. The first-order chi connectivity index (χ1) is 16.9. The van der Waals surface area contributed by atoms with Gasteiger partial charge in [0.05, 0.1) is 34.9 Å². The fourth-order valence-electron chi connectivity index (χ4n) is 4.82. The van der Waals surface area contributed by atoms with Crippen LogP contribution in [0.3, 0.4) is 0 Å². The number of nitrogens with zero attached hydrogens (tertiary/aromatic N) is 4. The molecular formula is C25H29F3N4O4. The fourth-order valence-corrected chi connectivity index (χ4v) is 4.82. The molecule has 0 radical (unpaired) electrons. The number of amides is 1. The number of carbonyl (C=O) groups is 1. The zero-order valence-corrected chi connectivity index (χ0v) is 19.9. The summed E-state index contributed by atoms with van der Waals surface area (Å²) < 4.78 is 44.4. The molecule has 2 aliphatic heterocycles. The third kappa shape index (κ3) is 5.84. The van der Waals surface area contributed by atoms with Gasteiger partial charge in [-0.1, -0.05) is 25.3 Å². The van der Waals surface area contributed by atoms with Crippen molar-refractivity contribution in [2.75, 3.05) is 32.7 Å². The molecule has 3 aliphatic rings. The average Bonchev–Trinajstić information content (AvgIpc) is 3.60. The van der Waals surface area contributed by atoms with Gasteiger partial charge < -0.3 is 14.5 Å². The van der Waals surface area contributed by atoms with Crippen molar-refractivity contribution in [2.24, 2.45) is 4.99 Å². The predicted molar refractivity (Wildman–Crippen MR) is 128 cm³/mol. The molecule has 2 spiro atoms. The van der Waals surface area contributed by atoms with Gasteiger partial charge in [0.2, 0.25) is 0 Å². The molecule has 2 heterocycles. The highest BCUT2D eigenvalue weighted by Gasteiger charge is 2.61. The molecule has 36 heavy (non-hydrogen) atoms. The van der Waals surface area contributed by atoms with Crippen molar-refractivity contribution in [3.05, 3.63) is 64.4 Å². The number of nitro benzene ring substituents is 1. The number of non-ortho nitro benzene ring substituents is 1. The lowest BCUT2D eigenvalue weighted by atomic mass is 9.87. The van der Waals surface area contributed by atoms with Crippen molar-refractivity contribution in [3.8, 4) is 0 Å². The van der Waals surface area contributed by atoms with E-state index < -0.39 is 27.9 Å². The molecule has 0 bridgehead atoms. The normalized spacial score (nSPS) is 21.3. The number of nitro groups is 1. The van der Waals surface area contributed by atoms with E-state index in [1.54, 1.807) is 17.0 Å². The van der Waals surface area contributed by atoms with Crippen molar-refractivity contribution in [2.45, 2.75) is 49.5 Å². The number of likely N-dealkylation sites (tertiary alicyclic amines) is 1. The van der Waals surface area contributed by atoms with Gasteiger partial charge >= 0.3 is 6.18 Å². The number of halogens is 3. The Morgan fingerprint density at radius 3 is 2.53 bits per heavy atom. The summed E-state index contributed by atoms with van der Waals surface area (Å²) in [6.07, 6.45) is -0.588. The number of hydrogen-bond donors (Lipinski definition) is 0. The Bertz CT molecular complexity index is 1090. The molecule has 1 aromatic carbocycles. The summed E-state index contributed by atoms with van der Waals surface area (Å²) in [5, 5.41) is 11.0. The van der Waals surface area contributed by atoms with Crippen LogP contribution in [0.4, 0.5) is 18.9 Å². The molecule has 1 aliphatic carbocycles. The van der Waals surface area contributed by atoms with Gasteiger partial charge in [0, 0.05) is 38.0 Å². The molecule has 1 amide bonds. The lowest BCUT2D eigenvalue weighted by Gasteiger charge is -2.50. The maximum absolute atomic E-state index is 13.0. The van der Waals surface area contributed by atoms with Gasteiger partial charge in [0.15, 0.2) is 0 Å². The summed E-state index contributed by atoms with van der Waals surface area (Å²) >= 11 is 0. The lowest BCUT2D eigenvalue weighted by molar-refractivity contribution is -0.384.